The molecular formula is C21H23FN2O4. The zero-order chi connectivity index (χ0) is 20.1. The van der Waals surface area contributed by atoms with Crippen LogP contribution in [0.5, 0.6) is 11.5 Å². The molecule has 7 heteroatoms. The monoisotopic (exact) mass is 386 g/mol. The van der Waals surface area contributed by atoms with E-state index in [0.29, 0.717) is 35.6 Å². The molecule has 148 valence electrons. The topological polar surface area (TPSA) is 67.9 Å². The summed E-state index contributed by atoms with van der Waals surface area (Å²) >= 11 is 0. The van der Waals surface area contributed by atoms with Gasteiger partial charge in [-0.2, -0.15) is 0 Å². The number of carbonyl (C=O) groups excluding carboxylic acids is 2. The third-order valence-electron chi connectivity index (χ3n) is 4.81. The Labute approximate surface area is 163 Å². The molecule has 1 N–H and O–H groups in total. The van der Waals surface area contributed by atoms with Gasteiger partial charge in [0.1, 0.15) is 23.4 Å². The predicted octanol–water partition coefficient (Wildman–Crippen LogP) is 2.76. The standard InChI is InChI=1S/C21H23FN2O4/c1-27-16-8-9-17(19(12-16)28-2)21(26)24-10-4-7-18(24)20(25)23-13-14-5-3-6-15(22)11-14/h3,5-6,8-9,11-12,18H,4,7,10,13H2,1-2H3,(H,23,25). The normalized spacial score (nSPS) is 16.0. The van der Waals surface area contributed by atoms with E-state index in [1.165, 1.54) is 26.4 Å². The van der Waals surface area contributed by atoms with Crippen LogP contribution in [0.4, 0.5) is 4.39 Å². The number of ether oxygens (including phenoxy) is 2. The van der Waals surface area contributed by atoms with E-state index < -0.39 is 6.04 Å². The van der Waals surface area contributed by atoms with Gasteiger partial charge in [0.25, 0.3) is 5.91 Å². The number of likely N-dealkylation sites (tertiary alicyclic amines) is 1. The Balaban J connectivity index is 1.71. The predicted molar refractivity (Wildman–Crippen MR) is 102 cm³/mol. The number of rotatable bonds is 6. The Hall–Kier alpha value is -3.09. The fourth-order valence-electron chi connectivity index (χ4n) is 3.37. The smallest absolute Gasteiger partial charge is 0.258 e. The van der Waals surface area contributed by atoms with Gasteiger partial charge in [-0.1, -0.05) is 12.1 Å². The van der Waals surface area contributed by atoms with Crippen molar-refractivity contribution < 1.29 is 23.5 Å². The van der Waals surface area contributed by atoms with Crippen LogP contribution in [0.2, 0.25) is 0 Å². The van der Waals surface area contributed by atoms with Crippen molar-refractivity contribution in [2.75, 3.05) is 20.8 Å². The second-order valence-electron chi connectivity index (χ2n) is 6.57. The van der Waals surface area contributed by atoms with Gasteiger partial charge in [0.05, 0.1) is 19.8 Å². The minimum atomic E-state index is -0.562. The van der Waals surface area contributed by atoms with Crippen LogP contribution >= 0.6 is 0 Å². The summed E-state index contributed by atoms with van der Waals surface area (Å²) in [5.74, 6) is 0.121. The fourth-order valence-corrected chi connectivity index (χ4v) is 3.37. The number of hydrogen-bond donors (Lipinski definition) is 1. The molecule has 0 spiro atoms. The summed E-state index contributed by atoms with van der Waals surface area (Å²) in [5.41, 5.74) is 1.05. The molecule has 0 aromatic heterocycles. The van der Waals surface area contributed by atoms with Crippen LogP contribution in [-0.4, -0.2) is 43.5 Å². The number of nitrogens with zero attached hydrogens (tertiary/aromatic N) is 1. The summed E-state index contributed by atoms with van der Waals surface area (Å²) in [6.07, 6.45) is 1.32. The Morgan fingerprint density at radius 1 is 1.18 bits per heavy atom. The summed E-state index contributed by atoms with van der Waals surface area (Å²) < 4.78 is 23.8. The molecule has 1 aliphatic rings. The summed E-state index contributed by atoms with van der Waals surface area (Å²) in [6.45, 7) is 0.701. The Kier molecular flexibility index (Phi) is 6.13. The molecule has 3 rings (SSSR count). The molecule has 0 saturated carbocycles. The van der Waals surface area contributed by atoms with Crippen molar-refractivity contribution in [2.24, 2.45) is 0 Å². The van der Waals surface area contributed by atoms with Crippen LogP contribution in [0.3, 0.4) is 0 Å². The minimum absolute atomic E-state index is 0.209. The summed E-state index contributed by atoms with van der Waals surface area (Å²) in [4.78, 5) is 27.3. The van der Waals surface area contributed by atoms with Gasteiger partial charge >= 0.3 is 0 Å². The molecule has 0 aliphatic carbocycles. The molecule has 0 radical (unpaired) electrons. The number of halogens is 1. The number of benzene rings is 2. The van der Waals surface area contributed by atoms with Crippen molar-refractivity contribution in [3.05, 3.63) is 59.4 Å². The quantitative estimate of drug-likeness (QED) is 0.829. The SMILES string of the molecule is COc1ccc(C(=O)N2CCCC2C(=O)NCc2cccc(F)c2)c(OC)c1. The first-order valence-corrected chi connectivity index (χ1v) is 9.08. The van der Waals surface area contributed by atoms with E-state index >= 15 is 0 Å². The molecular weight excluding hydrogens is 363 g/mol. The molecule has 2 aromatic rings. The van der Waals surface area contributed by atoms with Gasteiger partial charge in [0, 0.05) is 19.2 Å². The van der Waals surface area contributed by atoms with Crippen LogP contribution in [-0.2, 0) is 11.3 Å². The maximum absolute atomic E-state index is 13.3. The molecule has 28 heavy (non-hydrogen) atoms. The summed E-state index contributed by atoms with van der Waals surface area (Å²) in [5, 5.41) is 2.80. The van der Waals surface area contributed by atoms with E-state index in [4.69, 9.17) is 9.47 Å². The van der Waals surface area contributed by atoms with Crippen molar-refractivity contribution >= 4 is 11.8 Å². The number of carbonyl (C=O) groups is 2. The van der Waals surface area contributed by atoms with E-state index in [9.17, 15) is 14.0 Å². The van der Waals surface area contributed by atoms with Gasteiger partial charge in [-0.25, -0.2) is 4.39 Å². The molecule has 1 saturated heterocycles. The van der Waals surface area contributed by atoms with Gasteiger partial charge < -0.3 is 19.7 Å². The van der Waals surface area contributed by atoms with Gasteiger partial charge in [0.2, 0.25) is 5.91 Å². The Morgan fingerprint density at radius 2 is 2.00 bits per heavy atom. The molecule has 1 fully saturated rings. The summed E-state index contributed by atoms with van der Waals surface area (Å²) in [6, 6.07) is 10.5. The zero-order valence-electron chi connectivity index (χ0n) is 15.9. The Bertz CT molecular complexity index is 871. The second kappa shape index (κ2) is 8.73. The molecule has 0 bridgehead atoms. The average molecular weight is 386 g/mol. The highest BCUT2D eigenvalue weighted by atomic mass is 19.1. The van der Waals surface area contributed by atoms with Crippen molar-refractivity contribution in [3.63, 3.8) is 0 Å². The lowest BCUT2D eigenvalue weighted by molar-refractivity contribution is -0.125. The highest BCUT2D eigenvalue weighted by molar-refractivity contribution is 6.00. The number of amides is 2. The molecule has 1 heterocycles. The van der Waals surface area contributed by atoms with E-state index in [0.717, 1.165) is 6.42 Å². The highest BCUT2D eigenvalue weighted by Gasteiger charge is 2.35. The number of methoxy groups -OCH3 is 2. The average Bonchev–Trinajstić information content (AvgIpc) is 3.21. The number of nitrogens with one attached hydrogen (secondary N) is 1. The first kappa shape index (κ1) is 19.7. The molecule has 2 amide bonds. The lowest BCUT2D eigenvalue weighted by Crippen LogP contribution is -2.45. The molecule has 1 aliphatic heterocycles. The molecule has 1 atom stereocenters. The largest absolute Gasteiger partial charge is 0.497 e. The maximum atomic E-state index is 13.3. The second-order valence-corrected chi connectivity index (χ2v) is 6.57. The van der Waals surface area contributed by atoms with Crippen molar-refractivity contribution in [1.82, 2.24) is 10.2 Å². The van der Waals surface area contributed by atoms with E-state index in [1.54, 1.807) is 35.2 Å². The molecule has 1 unspecified atom stereocenters. The lowest BCUT2D eigenvalue weighted by atomic mass is 10.1. The highest BCUT2D eigenvalue weighted by Crippen LogP contribution is 2.28. The third kappa shape index (κ3) is 4.24. The maximum Gasteiger partial charge on any atom is 0.258 e. The first-order chi connectivity index (χ1) is 13.5. The van der Waals surface area contributed by atoms with Crippen LogP contribution in [0, 0.1) is 5.82 Å². The van der Waals surface area contributed by atoms with Crippen LogP contribution in [0.15, 0.2) is 42.5 Å². The summed E-state index contributed by atoms with van der Waals surface area (Å²) in [7, 11) is 3.02. The van der Waals surface area contributed by atoms with Gasteiger partial charge in [-0.3, -0.25) is 9.59 Å². The third-order valence-corrected chi connectivity index (χ3v) is 4.81. The van der Waals surface area contributed by atoms with Crippen LogP contribution < -0.4 is 14.8 Å². The van der Waals surface area contributed by atoms with Crippen molar-refractivity contribution in [1.29, 1.82) is 0 Å². The zero-order valence-corrected chi connectivity index (χ0v) is 15.9. The van der Waals surface area contributed by atoms with Crippen LogP contribution in [0.1, 0.15) is 28.8 Å². The first-order valence-electron chi connectivity index (χ1n) is 9.08. The van der Waals surface area contributed by atoms with Gasteiger partial charge in [-0.15, -0.1) is 0 Å². The van der Waals surface area contributed by atoms with E-state index in [1.807, 2.05) is 0 Å². The van der Waals surface area contributed by atoms with Crippen molar-refractivity contribution in [3.8, 4) is 11.5 Å². The number of hydrogen-bond acceptors (Lipinski definition) is 4. The van der Waals surface area contributed by atoms with E-state index in [2.05, 4.69) is 5.32 Å². The lowest BCUT2D eigenvalue weighted by Gasteiger charge is -2.25. The van der Waals surface area contributed by atoms with Gasteiger partial charge in [-0.05, 0) is 42.7 Å². The van der Waals surface area contributed by atoms with Gasteiger partial charge in [0.15, 0.2) is 0 Å². The van der Waals surface area contributed by atoms with E-state index in [-0.39, 0.29) is 24.2 Å². The minimum Gasteiger partial charge on any atom is -0.497 e. The Morgan fingerprint density at radius 3 is 2.71 bits per heavy atom. The van der Waals surface area contributed by atoms with Crippen molar-refractivity contribution in [2.45, 2.75) is 25.4 Å². The molecule has 2 aromatic carbocycles. The fraction of sp³-hybridized carbons (Fsp3) is 0.333. The van der Waals surface area contributed by atoms with Crippen LogP contribution in [0.25, 0.3) is 0 Å². The molecule has 6 nitrogen and oxygen atoms in total.